The highest BCUT2D eigenvalue weighted by Crippen LogP contribution is 2.31. The Bertz CT molecular complexity index is 1290. The number of benzene rings is 2. The number of rotatable bonds is 6. The van der Waals surface area contributed by atoms with E-state index in [4.69, 9.17) is 14.2 Å². The van der Waals surface area contributed by atoms with Gasteiger partial charge < -0.3 is 14.2 Å². The number of carbonyl (C=O) groups is 2. The first kappa shape index (κ1) is 23.2. The third-order valence-electron chi connectivity index (χ3n) is 5.55. The number of aromatic amines is 1. The van der Waals surface area contributed by atoms with Crippen molar-refractivity contribution in [2.45, 2.75) is 38.7 Å². The summed E-state index contributed by atoms with van der Waals surface area (Å²) in [6.07, 6.45) is -0.971. The van der Waals surface area contributed by atoms with E-state index in [9.17, 15) is 19.2 Å². The van der Waals surface area contributed by atoms with Crippen molar-refractivity contribution in [3.05, 3.63) is 104 Å². The molecule has 0 amide bonds. The maximum atomic E-state index is 12.7. The van der Waals surface area contributed by atoms with Crippen LogP contribution in [-0.2, 0) is 14.2 Å². The molecule has 176 valence electrons. The number of H-pyrrole nitrogens is 1. The second-order valence-electron chi connectivity index (χ2n) is 8.16. The number of nitrogens with one attached hydrogen (secondary N) is 1. The molecule has 4 rings (SSSR count). The van der Waals surface area contributed by atoms with Crippen molar-refractivity contribution in [1.29, 1.82) is 0 Å². The van der Waals surface area contributed by atoms with E-state index >= 15 is 0 Å². The molecule has 1 aliphatic heterocycles. The van der Waals surface area contributed by atoms with E-state index in [0.29, 0.717) is 11.1 Å². The highest BCUT2D eigenvalue weighted by Gasteiger charge is 2.40. The summed E-state index contributed by atoms with van der Waals surface area (Å²) in [6, 6.07) is 15.0. The van der Waals surface area contributed by atoms with Crippen molar-refractivity contribution in [2.75, 3.05) is 6.61 Å². The van der Waals surface area contributed by atoms with E-state index in [2.05, 4.69) is 4.98 Å². The average molecular weight is 467 g/mol. The minimum Gasteiger partial charge on any atom is -0.459 e. The van der Waals surface area contributed by atoms with Gasteiger partial charge in [0.25, 0.3) is 5.56 Å². The van der Waals surface area contributed by atoms with Crippen LogP contribution in [0.5, 0.6) is 0 Å². The molecule has 1 aliphatic rings. The maximum Gasteiger partial charge on any atom is 0.338 e. The summed E-state index contributed by atoms with van der Waals surface area (Å²) in [5.74, 6) is -1.10. The van der Waals surface area contributed by atoms with Gasteiger partial charge in [-0.25, -0.2) is 14.4 Å². The van der Waals surface area contributed by atoms with Gasteiger partial charge in [0.2, 0.25) is 0 Å². The third-order valence-corrected chi connectivity index (χ3v) is 5.55. The van der Waals surface area contributed by atoms with E-state index in [0.717, 1.165) is 11.1 Å². The quantitative estimate of drug-likeness (QED) is 0.554. The normalized spacial score (nSPS) is 19.5. The molecule has 1 aromatic heterocycles. The van der Waals surface area contributed by atoms with Gasteiger partial charge in [-0.1, -0.05) is 35.4 Å². The number of ether oxygens (including phenoxy) is 3. The maximum absolute atomic E-state index is 12.7. The van der Waals surface area contributed by atoms with Crippen LogP contribution >= 0.6 is 0 Å². The molecule has 0 saturated carbocycles. The third kappa shape index (κ3) is 5.32. The lowest BCUT2D eigenvalue weighted by Gasteiger charge is -2.19. The van der Waals surface area contributed by atoms with Gasteiger partial charge in [0.05, 0.1) is 11.1 Å². The van der Waals surface area contributed by atoms with E-state index in [1.165, 1.54) is 16.8 Å². The molecule has 34 heavy (non-hydrogen) atoms. The van der Waals surface area contributed by atoms with Crippen molar-refractivity contribution < 1.29 is 23.8 Å². The van der Waals surface area contributed by atoms with Crippen LogP contribution in [0.25, 0.3) is 0 Å². The van der Waals surface area contributed by atoms with E-state index in [-0.39, 0.29) is 13.0 Å². The summed E-state index contributed by atoms with van der Waals surface area (Å²) in [5, 5.41) is 0. The van der Waals surface area contributed by atoms with Crippen LogP contribution in [0.4, 0.5) is 0 Å². The first-order chi connectivity index (χ1) is 16.3. The summed E-state index contributed by atoms with van der Waals surface area (Å²) < 4.78 is 18.2. The van der Waals surface area contributed by atoms with Crippen LogP contribution in [0.1, 0.15) is 44.5 Å². The molecule has 9 heteroatoms. The van der Waals surface area contributed by atoms with Crippen molar-refractivity contribution in [3.63, 3.8) is 0 Å². The molecule has 0 aliphatic carbocycles. The van der Waals surface area contributed by atoms with E-state index < -0.39 is 41.6 Å². The zero-order chi connectivity index (χ0) is 24.2. The molecule has 1 N–H and O–H groups in total. The summed E-state index contributed by atoms with van der Waals surface area (Å²) in [4.78, 5) is 51.0. The van der Waals surface area contributed by atoms with Crippen LogP contribution in [0.3, 0.4) is 0 Å². The summed E-state index contributed by atoms with van der Waals surface area (Å²) in [5.41, 5.74) is 1.56. The minimum atomic E-state index is -0.816. The molecule has 3 atom stereocenters. The van der Waals surface area contributed by atoms with Gasteiger partial charge in [-0.2, -0.15) is 0 Å². The Balaban J connectivity index is 1.51. The monoisotopic (exact) mass is 467 g/mol. The largest absolute Gasteiger partial charge is 0.459 e. The Morgan fingerprint density at radius 1 is 0.941 bits per heavy atom. The van der Waals surface area contributed by atoms with Crippen LogP contribution in [0, 0.1) is 13.8 Å². The first-order valence-corrected chi connectivity index (χ1v) is 10.8. The van der Waals surface area contributed by atoms with Crippen molar-refractivity contribution in [2.24, 2.45) is 0 Å². The van der Waals surface area contributed by atoms with Gasteiger partial charge >= 0.3 is 17.6 Å². The predicted octanol–water partition coefficient (Wildman–Crippen LogP) is 2.52. The number of hydrogen-bond acceptors (Lipinski definition) is 7. The van der Waals surface area contributed by atoms with Crippen LogP contribution in [-0.4, -0.2) is 40.3 Å². The summed E-state index contributed by atoms with van der Waals surface area (Å²) in [6.45, 7) is 3.63. The van der Waals surface area contributed by atoms with Crippen LogP contribution in [0.15, 0.2) is 70.4 Å². The molecule has 2 heterocycles. The smallest absolute Gasteiger partial charge is 0.338 e. The molecule has 0 bridgehead atoms. The lowest BCUT2D eigenvalue weighted by molar-refractivity contribution is -0.0582. The molecule has 3 aromatic rings. The van der Waals surface area contributed by atoms with Gasteiger partial charge in [-0.05, 0) is 38.1 Å². The van der Waals surface area contributed by atoms with Gasteiger partial charge in [0, 0.05) is 18.7 Å². The van der Waals surface area contributed by atoms with Gasteiger partial charge in [0.15, 0.2) is 0 Å². The lowest BCUT2D eigenvalue weighted by Crippen LogP contribution is -2.32. The van der Waals surface area contributed by atoms with Crippen LogP contribution in [0.2, 0.25) is 0 Å². The number of esters is 2. The number of carbonyl (C=O) groups excluding carboxylic acids is 2. The number of aromatic nitrogens is 2. The summed E-state index contributed by atoms with van der Waals surface area (Å²) in [7, 11) is 0. The van der Waals surface area contributed by atoms with Crippen molar-refractivity contribution >= 4 is 11.9 Å². The van der Waals surface area contributed by atoms with Crippen molar-refractivity contribution in [3.8, 4) is 0 Å². The SMILES string of the molecule is Cc1ccc(C(=O)OC[C@@H]2O[C@H]([15n]3ccc(=O)[15nH][13c]3=O)C[C@@H]2OC(=O)c2ccc(C)cc2)cc1. The first-order valence-electron chi connectivity index (χ1n) is 10.8. The van der Waals surface area contributed by atoms with Crippen molar-refractivity contribution in [1.82, 2.24) is 9.55 Å². The van der Waals surface area contributed by atoms with E-state index in [1.54, 1.807) is 48.5 Å². The number of aryl methyl sites for hydroxylation is 2. The Kier molecular flexibility index (Phi) is 6.74. The fourth-order valence-corrected chi connectivity index (χ4v) is 3.63. The Hall–Kier alpha value is -3.98. The molecule has 1 fully saturated rings. The summed E-state index contributed by atoms with van der Waals surface area (Å²) >= 11 is 0. The topological polar surface area (TPSA) is 117 Å². The second kappa shape index (κ2) is 9.88. The number of hydrogen-bond donors (Lipinski definition) is 1. The van der Waals surface area contributed by atoms with Gasteiger partial charge in [-0.15, -0.1) is 0 Å². The van der Waals surface area contributed by atoms with Gasteiger partial charge in [-0.3, -0.25) is 14.3 Å². The molecule has 0 radical (unpaired) electrons. The fraction of sp³-hybridized carbons (Fsp3) is 0.280. The highest BCUT2D eigenvalue weighted by molar-refractivity contribution is 5.90. The Labute approximate surface area is 194 Å². The lowest BCUT2D eigenvalue weighted by atomic mass is 10.1. The Morgan fingerprint density at radius 2 is 1.53 bits per heavy atom. The molecular weight excluding hydrogens is 443 g/mol. The zero-order valence-corrected chi connectivity index (χ0v) is 18.7. The standard InChI is InChI=1S/C25H24N2O7/c1-15-3-7-17(8-4-15)23(29)32-14-20-19(34-24(30)18-9-5-16(2)6-10-18)13-22(33-20)27-12-11-21(28)26-25(27)31/h3-12,19-20,22H,13-14H2,1-2H3,(H,26,28,31)/t19-,20-,22-/m0/s1/i25+1,26+1,27+1. The fourth-order valence-electron chi connectivity index (χ4n) is 3.63. The molecule has 2 aromatic carbocycles. The molecular formula is C25H24N2O7. The zero-order valence-electron chi connectivity index (χ0n) is 18.7. The minimum absolute atomic E-state index is 0.135. The van der Waals surface area contributed by atoms with Crippen LogP contribution < -0.4 is 11.2 Å². The number of nitrogens with zero attached hydrogens (tertiary/aromatic N) is 1. The molecule has 0 spiro atoms. The van der Waals surface area contributed by atoms with Gasteiger partial charge in [0.1, 0.15) is 25.0 Å². The predicted molar refractivity (Wildman–Crippen MR) is 122 cm³/mol. The van der Waals surface area contributed by atoms with E-state index in [1.807, 2.05) is 13.8 Å². The average Bonchev–Trinajstić information content (AvgIpc) is 3.20. The molecule has 9 nitrogen and oxygen atoms in total. The Morgan fingerprint density at radius 3 is 2.12 bits per heavy atom. The second-order valence-corrected chi connectivity index (χ2v) is 8.16. The molecule has 0 unspecified atom stereocenters. The highest BCUT2D eigenvalue weighted by atomic mass is 16.6. The molecule has 1 saturated heterocycles.